The van der Waals surface area contributed by atoms with Crippen molar-refractivity contribution in [3.8, 4) is 0 Å². The van der Waals surface area contributed by atoms with Crippen LogP contribution in [0.4, 0.5) is 0 Å². The van der Waals surface area contributed by atoms with Crippen LogP contribution in [0.15, 0.2) is 47.1 Å². The van der Waals surface area contributed by atoms with Crippen LogP contribution < -0.4 is 0 Å². The Morgan fingerprint density at radius 1 is 1.25 bits per heavy atom. The quantitative estimate of drug-likeness (QED) is 0.621. The van der Waals surface area contributed by atoms with Crippen molar-refractivity contribution in [1.82, 2.24) is 0 Å². The van der Waals surface area contributed by atoms with Gasteiger partial charge in [-0.2, -0.15) is 0 Å². The normalized spacial score (nSPS) is 22.6. The fourth-order valence-electron chi connectivity index (χ4n) is 2.46. The summed E-state index contributed by atoms with van der Waals surface area (Å²) in [4.78, 5) is 0. The Morgan fingerprint density at radius 3 is 2.60 bits per heavy atom. The van der Waals surface area contributed by atoms with Crippen LogP contribution in [0.2, 0.25) is 0 Å². The van der Waals surface area contributed by atoms with E-state index in [1.807, 2.05) is 6.08 Å². The van der Waals surface area contributed by atoms with Gasteiger partial charge in [-0.05, 0) is 52.0 Å². The van der Waals surface area contributed by atoms with Crippen molar-refractivity contribution in [3.05, 3.63) is 47.1 Å². The first-order valence-electron chi connectivity index (χ1n) is 7.89. The van der Waals surface area contributed by atoms with Crippen molar-refractivity contribution in [2.45, 2.75) is 65.9 Å². The van der Waals surface area contributed by atoms with Crippen LogP contribution in [-0.2, 0) is 0 Å². The molecule has 0 spiro atoms. The summed E-state index contributed by atoms with van der Waals surface area (Å²) in [5, 5.41) is 10.2. The van der Waals surface area contributed by atoms with Gasteiger partial charge in [0.1, 0.15) is 0 Å². The third-order valence-corrected chi connectivity index (χ3v) is 3.75. The van der Waals surface area contributed by atoms with Crippen LogP contribution in [-0.4, -0.2) is 11.2 Å². The van der Waals surface area contributed by atoms with Gasteiger partial charge in [-0.3, -0.25) is 0 Å². The Labute approximate surface area is 124 Å². The number of hydrogen-bond acceptors (Lipinski definition) is 1. The first-order chi connectivity index (χ1) is 9.52. The van der Waals surface area contributed by atoms with Crippen LogP contribution >= 0.6 is 0 Å². The second kappa shape index (κ2) is 8.97. The Hall–Kier alpha value is -1.08. The molecule has 0 saturated heterocycles. The maximum absolute atomic E-state index is 10.2. The molecule has 112 valence electrons. The van der Waals surface area contributed by atoms with Gasteiger partial charge in [-0.25, -0.2) is 0 Å². The maximum atomic E-state index is 10.2. The average Bonchev–Trinajstić information content (AvgIpc) is 2.37. The summed E-state index contributed by atoms with van der Waals surface area (Å²) >= 11 is 0. The molecule has 0 radical (unpaired) electrons. The fraction of sp³-hybridized carbons (Fsp3) is 0.579. The summed E-state index contributed by atoms with van der Waals surface area (Å²) in [6.45, 7) is 8.65. The molecule has 0 aromatic heterocycles. The molecule has 20 heavy (non-hydrogen) atoms. The third-order valence-electron chi connectivity index (χ3n) is 3.75. The molecule has 0 fully saturated rings. The number of hydrogen-bond donors (Lipinski definition) is 1. The zero-order valence-electron chi connectivity index (χ0n) is 13.5. The van der Waals surface area contributed by atoms with E-state index in [0.29, 0.717) is 0 Å². The number of allylic oxidation sites excluding steroid dienone is 6. The van der Waals surface area contributed by atoms with Gasteiger partial charge < -0.3 is 5.11 Å². The van der Waals surface area contributed by atoms with Gasteiger partial charge in [0.25, 0.3) is 0 Å². The minimum absolute atomic E-state index is 0.244. The molecule has 1 N–H and O–H groups in total. The predicted octanol–water partition coefficient (Wildman–Crippen LogP) is 5.34. The van der Waals surface area contributed by atoms with Crippen LogP contribution in [0, 0.1) is 5.92 Å². The lowest BCUT2D eigenvalue weighted by atomic mass is 9.89. The van der Waals surface area contributed by atoms with Gasteiger partial charge in [0.15, 0.2) is 0 Å². The lowest BCUT2D eigenvalue weighted by Crippen LogP contribution is -2.18. The molecule has 1 aliphatic rings. The lowest BCUT2D eigenvalue weighted by Gasteiger charge is -2.21. The first kappa shape index (κ1) is 17.0. The summed E-state index contributed by atoms with van der Waals surface area (Å²) in [6.07, 6.45) is 16.0. The molecule has 0 saturated carbocycles. The first-order valence-corrected chi connectivity index (χ1v) is 7.89. The highest BCUT2D eigenvalue weighted by Crippen LogP contribution is 2.23. The van der Waals surface area contributed by atoms with Gasteiger partial charge >= 0.3 is 0 Å². The van der Waals surface area contributed by atoms with Crippen molar-refractivity contribution >= 4 is 0 Å². The van der Waals surface area contributed by atoms with Crippen molar-refractivity contribution in [3.63, 3.8) is 0 Å². The Morgan fingerprint density at radius 2 is 2.00 bits per heavy atom. The predicted molar refractivity (Wildman–Crippen MR) is 88.7 cm³/mol. The molecule has 1 unspecified atom stereocenters. The molecule has 1 aliphatic carbocycles. The largest absolute Gasteiger partial charge is 0.388 e. The van der Waals surface area contributed by atoms with E-state index < -0.39 is 0 Å². The van der Waals surface area contributed by atoms with E-state index in [1.54, 1.807) is 0 Å². The smallest absolute Gasteiger partial charge is 0.0792 e. The van der Waals surface area contributed by atoms with Gasteiger partial charge in [0.05, 0.1) is 6.10 Å². The average molecular weight is 274 g/mol. The third kappa shape index (κ3) is 6.38. The van der Waals surface area contributed by atoms with Crippen molar-refractivity contribution in [1.29, 1.82) is 0 Å². The molecule has 0 aromatic rings. The topological polar surface area (TPSA) is 20.2 Å². The lowest BCUT2D eigenvalue weighted by molar-refractivity contribution is 0.175. The van der Waals surface area contributed by atoms with Gasteiger partial charge in [-0.1, -0.05) is 54.9 Å². The van der Waals surface area contributed by atoms with Gasteiger partial charge in [0.2, 0.25) is 0 Å². The molecule has 0 bridgehead atoms. The van der Waals surface area contributed by atoms with Gasteiger partial charge in [-0.15, -0.1) is 0 Å². The Kier molecular flexibility index (Phi) is 7.61. The molecular weight excluding hydrogens is 244 g/mol. The zero-order valence-corrected chi connectivity index (χ0v) is 13.5. The second-order valence-corrected chi connectivity index (χ2v) is 6.11. The highest BCUT2D eigenvalue weighted by Gasteiger charge is 2.17. The van der Waals surface area contributed by atoms with Crippen LogP contribution in [0.5, 0.6) is 0 Å². The number of aliphatic hydroxyl groups is 1. The maximum Gasteiger partial charge on any atom is 0.0792 e. The van der Waals surface area contributed by atoms with Crippen LogP contribution in [0.1, 0.15) is 59.8 Å². The van der Waals surface area contributed by atoms with E-state index >= 15 is 0 Å². The van der Waals surface area contributed by atoms with Crippen molar-refractivity contribution in [2.24, 2.45) is 5.92 Å². The summed E-state index contributed by atoms with van der Waals surface area (Å²) in [6, 6.07) is 0. The molecular formula is C19H30O. The standard InChI is InChI=1S/C19H30O/c1-5-7-17-11-13-18(19(20)14-17)12-10-16(4)9-6-8-15(2)3/h8,10-11,13-14,18-20H,5-7,9,12H2,1-4H3/b16-10+/t18-,19?/m0/s1. The molecule has 1 nitrogen and oxygen atoms in total. The van der Waals surface area contributed by atoms with E-state index in [0.717, 1.165) is 32.1 Å². The highest BCUT2D eigenvalue weighted by molar-refractivity contribution is 5.27. The van der Waals surface area contributed by atoms with E-state index in [2.05, 4.69) is 52.0 Å². The summed E-state index contributed by atoms with van der Waals surface area (Å²) in [5.41, 5.74) is 4.09. The monoisotopic (exact) mass is 274 g/mol. The van der Waals surface area contributed by atoms with Crippen molar-refractivity contribution in [2.75, 3.05) is 0 Å². The zero-order chi connectivity index (χ0) is 15.0. The molecule has 2 atom stereocenters. The molecule has 1 heteroatoms. The van der Waals surface area contributed by atoms with E-state index in [4.69, 9.17) is 0 Å². The molecule has 0 amide bonds. The summed E-state index contributed by atoms with van der Waals surface area (Å²) in [7, 11) is 0. The Bertz CT molecular complexity index is 405. The van der Waals surface area contributed by atoms with E-state index in [9.17, 15) is 5.11 Å². The van der Waals surface area contributed by atoms with Crippen LogP contribution in [0.25, 0.3) is 0 Å². The minimum Gasteiger partial charge on any atom is -0.388 e. The molecule has 0 heterocycles. The van der Waals surface area contributed by atoms with Crippen LogP contribution in [0.3, 0.4) is 0 Å². The van der Waals surface area contributed by atoms with E-state index in [1.165, 1.54) is 16.7 Å². The summed E-state index contributed by atoms with van der Waals surface area (Å²) < 4.78 is 0. The molecule has 1 rings (SSSR count). The molecule has 0 aromatic carbocycles. The number of aliphatic hydroxyl groups excluding tert-OH is 1. The summed E-state index contributed by atoms with van der Waals surface area (Å²) in [5.74, 6) is 0.244. The van der Waals surface area contributed by atoms with E-state index in [-0.39, 0.29) is 12.0 Å². The molecule has 0 aliphatic heterocycles. The van der Waals surface area contributed by atoms with Crippen molar-refractivity contribution < 1.29 is 5.11 Å². The van der Waals surface area contributed by atoms with Gasteiger partial charge in [0, 0.05) is 5.92 Å². The SMILES string of the molecule is CCCC1=CC(O)[C@@H](C/C=C(\C)CCC=C(C)C)C=C1. The fourth-order valence-corrected chi connectivity index (χ4v) is 2.46. The Balaban J connectivity index is 2.42. The minimum atomic E-state index is -0.316. The second-order valence-electron chi connectivity index (χ2n) is 6.11. The number of rotatable bonds is 7. The highest BCUT2D eigenvalue weighted by atomic mass is 16.3.